The van der Waals surface area contributed by atoms with Crippen LogP contribution in [-0.2, 0) is 11.2 Å². The lowest BCUT2D eigenvalue weighted by atomic mass is 9.90. The number of pyridine rings is 1. The molecule has 2 N–H and O–H groups in total. The molecule has 1 aliphatic rings. The van der Waals surface area contributed by atoms with E-state index in [1.54, 1.807) is 7.11 Å². The number of hydrogen-bond donors (Lipinski definition) is 2. The van der Waals surface area contributed by atoms with Crippen LogP contribution < -0.4 is 10.1 Å². The summed E-state index contributed by atoms with van der Waals surface area (Å²) < 4.78 is 5.31. The van der Waals surface area contributed by atoms with Crippen molar-refractivity contribution in [3.05, 3.63) is 35.2 Å². The van der Waals surface area contributed by atoms with Gasteiger partial charge >= 0.3 is 0 Å². The monoisotopic (exact) mass is 371 g/mol. The molecule has 0 unspecified atom stereocenters. The summed E-state index contributed by atoms with van der Waals surface area (Å²) in [5.74, 6) is 1.76. The van der Waals surface area contributed by atoms with Crippen molar-refractivity contribution in [3.63, 3.8) is 0 Å². The molecule has 1 amide bonds. The van der Waals surface area contributed by atoms with Crippen molar-refractivity contribution < 1.29 is 9.53 Å². The number of methoxy groups -OCH3 is 1. The molecule has 2 aromatic rings. The second-order valence-electron chi connectivity index (χ2n) is 7.43. The van der Waals surface area contributed by atoms with E-state index in [2.05, 4.69) is 38.4 Å². The number of H-pyrrole nitrogens is 1. The molecule has 2 aromatic heterocycles. The van der Waals surface area contributed by atoms with Crippen molar-refractivity contribution in [2.24, 2.45) is 5.92 Å². The van der Waals surface area contributed by atoms with Gasteiger partial charge in [-0.3, -0.25) is 14.8 Å². The van der Waals surface area contributed by atoms with Crippen molar-refractivity contribution in [2.45, 2.75) is 46.1 Å². The smallest absolute Gasteiger partial charge is 0.222 e. The lowest BCUT2D eigenvalue weighted by Gasteiger charge is -2.36. The number of rotatable bonds is 6. The third-order valence-corrected chi connectivity index (χ3v) is 5.17. The fourth-order valence-electron chi connectivity index (χ4n) is 3.87. The topological polar surface area (TPSA) is 83.1 Å². The van der Waals surface area contributed by atoms with Crippen molar-refractivity contribution in [1.29, 1.82) is 0 Å². The third-order valence-electron chi connectivity index (χ3n) is 5.17. The first-order valence-electron chi connectivity index (χ1n) is 9.53. The number of carbonyl (C=O) groups is 1. The number of aromatic nitrogens is 3. The van der Waals surface area contributed by atoms with Crippen molar-refractivity contribution >= 4 is 11.7 Å². The zero-order valence-corrected chi connectivity index (χ0v) is 16.6. The van der Waals surface area contributed by atoms with Crippen LogP contribution in [0.25, 0.3) is 0 Å². The van der Waals surface area contributed by atoms with E-state index in [0.717, 1.165) is 30.9 Å². The first-order valence-corrected chi connectivity index (χ1v) is 9.53. The summed E-state index contributed by atoms with van der Waals surface area (Å²) in [6.07, 6.45) is 3.44. The SMILES string of the molecule is COc1cc(C[C@H]2CCCN([C@@H](C)c3cc(NC(C)=O)n[nH]3)C2)cc(C)n1. The molecular formula is C20H29N5O2. The second kappa shape index (κ2) is 8.52. The first-order chi connectivity index (χ1) is 12.9. The van der Waals surface area contributed by atoms with E-state index < -0.39 is 0 Å². The normalized spacial score (nSPS) is 18.9. The predicted molar refractivity (Wildman–Crippen MR) is 105 cm³/mol. The Bertz CT molecular complexity index is 788. The van der Waals surface area contributed by atoms with Crippen LogP contribution in [0.5, 0.6) is 5.88 Å². The standard InChI is InChI=1S/C20H29N5O2/c1-13-8-17(10-20(21-13)27-4)9-16-6-5-7-25(12-16)14(2)18-11-19(24-23-18)22-15(3)26/h8,10-11,14,16H,5-7,9,12H2,1-4H3,(H2,22,23,24,26)/t14-,16+/m0/s1. The highest BCUT2D eigenvalue weighted by Crippen LogP contribution is 2.29. The first kappa shape index (κ1) is 19.4. The van der Waals surface area contributed by atoms with Crippen LogP contribution in [0.2, 0.25) is 0 Å². The predicted octanol–water partition coefficient (Wildman–Crippen LogP) is 3.10. The quantitative estimate of drug-likeness (QED) is 0.815. The molecule has 1 fully saturated rings. The summed E-state index contributed by atoms with van der Waals surface area (Å²) in [6, 6.07) is 6.35. The minimum Gasteiger partial charge on any atom is -0.481 e. The fourth-order valence-corrected chi connectivity index (χ4v) is 3.87. The molecule has 27 heavy (non-hydrogen) atoms. The molecule has 0 saturated carbocycles. The Labute approximate surface area is 160 Å². The van der Waals surface area contributed by atoms with E-state index in [-0.39, 0.29) is 11.9 Å². The summed E-state index contributed by atoms with van der Waals surface area (Å²) in [7, 11) is 1.66. The van der Waals surface area contributed by atoms with Gasteiger partial charge in [-0.15, -0.1) is 0 Å². The minimum absolute atomic E-state index is 0.109. The zero-order valence-electron chi connectivity index (χ0n) is 16.6. The Hall–Kier alpha value is -2.41. The number of anilines is 1. The highest BCUT2D eigenvalue weighted by atomic mass is 16.5. The van der Waals surface area contributed by atoms with Gasteiger partial charge in [0.25, 0.3) is 0 Å². The summed E-state index contributed by atoms with van der Waals surface area (Å²) in [4.78, 5) is 18.1. The van der Waals surface area contributed by atoms with Gasteiger partial charge in [-0.2, -0.15) is 5.10 Å². The van der Waals surface area contributed by atoms with Gasteiger partial charge in [0.05, 0.1) is 12.8 Å². The molecule has 1 aliphatic heterocycles. The highest BCUT2D eigenvalue weighted by Gasteiger charge is 2.26. The van der Waals surface area contributed by atoms with Crippen molar-refractivity contribution in [1.82, 2.24) is 20.1 Å². The molecule has 0 bridgehead atoms. The third kappa shape index (κ3) is 5.07. The average molecular weight is 371 g/mol. The molecule has 0 aromatic carbocycles. The summed E-state index contributed by atoms with van der Waals surface area (Å²) in [5.41, 5.74) is 3.31. The lowest BCUT2D eigenvalue weighted by molar-refractivity contribution is -0.114. The van der Waals surface area contributed by atoms with E-state index in [9.17, 15) is 4.79 Å². The molecular weight excluding hydrogens is 342 g/mol. The van der Waals surface area contributed by atoms with Gasteiger partial charge in [0, 0.05) is 37.3 Å². The number of hydrogen-bond acceptors (Lipinski definition) is 5. The van der Waals surface area contributed by atoms with Gasteiger partial charge < -0.3 is 10.1 Å². The largest absolute Gasteiger partial charge is 0.481 e. The second-order valence-corrected chi connectivity index (χ2v) is 7.43. The van der Waals surface area contributed by atoms with Gasteiger partial charge in [0.2, 0.25) is 11.8 Å². The number of aryl methyl sites for hydroxylation is 1. The number of amides is 1. The van der Waals surface area contributed by atoms with Gasteiger partial charge in [0.1, 0.15) is 0 Å². The van der Waals surface area contributed by atoms with Gasteiger partial charge in [-0.05, 0) is 57.2 Å². The average Bonchev–Trinajstić information content (AvgIpc) is 3.08. The van der Waals surface area contributed by atoms with Crippen LogP contribution in [0.3, 0.4) is 0 Å². The lowest BCUT2D eigenvalue weighted by Crippen LogP contribution is -2.38. The molecule has 0 aliphatic carbocycles. The molecule has 2 atom stereocenters. The van der Waals surface area contributed by atoms with Crippen LogP contribution in [0, 0.1) is 12.8 Å². The molecule has 3 rings (SSSR count). The Kier molecular flexibility index (Phi) is 6.11. The Balaban J connectivity index is 1.64. The van der Waals surface area contributed by atoms with Gasteiger partial charge in [-0.25, -0.2) is 4.98 Å². The van der Waals surface area contributed by atoms with E-state index in [4.69, 9.17) is 4.74 Å². The number of likely N-dealkylation sites (tertiary alicyclic amines) is 1. The number of piperidine rings is 1. The number of aromatic amines is 1. The molecule has 3 heterocycles. The Morgan fingerprint density at radius 1 is 1.44 bits per heavy atom. The van der Waals surface area contributed by atoms with Crippen LogP contribution >= 0.6 is 0 Å². The summed E-state index contributed by atoms with van der Waals surface area (Å²) in [6.45, 7) is 7.80. The summed E-state index contributed by atoms with van der Waals surface area (Å²) >= 11 is 0. The zero-order chi connectivity index (χ0) is 19.4. The Morgan fingerprint density at radius 2 is 2.26 bits per heavy atom. The highest BCUT2D eigenvalue weighted by molar-refractivity contribution is 5.87. The Morgan fingerprint density at radius 3 is 3.00 bits per heavy atom. The fraction of sp³-hybridized carbons (Fsp3) is 0.550. The van der Waals surface area contributed by atoms with E-state index in [0.29, 0.717) is 17.6 Å². The van der Waals surface area contributed by atoms with E-state index in [1.165, 1.54) is 25.3 Å². The number of nitrogens with one attached hydrogen (secondary N) is 2. The van der Waals surface area contributed by atoms with Crippen molar-refractivity contribution in [3.8, 4) is 5.88 Å². The van der Waals surface area contributed by atoms with Crippen molar-refractivity contribution in [2.75, 3.05) is 25.5 Å². The minimum atomic E-state index is -0.109. The number of ether oxygens (including phenoxy) is 1. The number of nitrogens with zero attached hydrogens (tertiary/aromatic N) is 3. The van der Waals surface area contributed by atoms with Crippen LogP contribution in [0.15, 0.2) is 18.2 Å². The van der Waals surface area contributed by atoms with E-state index in [1.807, 2.05) is 19.1 Å². The summed E-state index contributed by atoms with van der Waals surface area (Å²) in [5, 5.41) is 9.97. The maximum atomic E-state index is 11.2. The van der Waals surface area contributed by atoms with Gasteiger partial charge in [0.15, 0.2) is 5.82 Å². The maximum absolute atomic E-state index is 11.2. The molecule has 7 heteroatoms. The van der Waals surface area contributed by atoms with Crippen LogP contribution in [0.1, 0.15) is 49.7 Å². The molecule has 1 saturated heterocycles. The molecule has 146 valence electrons. The molecule has 0 spiro atoms. The molecule has 0 radical (unpaired) electrons. The van der Waals surface area contributed by atoms with E-state index >= 15 is 0 Å². The maximum Gasteiger partial charge on any atom is 0.222 e. The van der Waals surface area contributed by atoms with Crippen LogP contribution in [0.4, 0.5) is 5.82 Å². The number of carbonyl (C=O) groups excluding carboxylic acids is 1. The van der Waals surface area contributed by atoms with Crippen LogP contribution in [-0.4, -0.2) is 46.2 Å². The molecule has 7 nitrogen and oxygen atoms in total. The van der Waals surface area contributed by atoms with Gasteiger partial charge in [-0.1, -0.05) is 0 Å².